The molecule has 0 aromatic carbocycles. The highest BCUT2D eigenvalue weighted by Crippen LogP contribution is 2.14. The summed E-state index contributed by atoms with van der Waals surface area (Å²) in [5, 5.41) is 11.5. The van der Waals surface area contributed by atoms with E-state index in [0.717, 1.165) is 25.7 Å². The van der Waals surface area contributed by atoms with Crippen LogP contribution in [0.15, 0.2) is 12.2 Å². The lowest BCUT2D eigenvalue weighted by molar-refractivity contribution is -0.889. The van der Waals surface area contributed by atoms with E-state index in [4.69, 9.17) is 14.2 Å². The van der Waals surface area contributed by atoms with E-state index in [1.54, 1.807) is 21.1 Å². The van der Waals surface area contributed by atoms with Gasteiger partial charge in [-0.3, -0.25) is 9.59 Å². The Labute approximate surface area is 269 Å². The Morgan fingerprint density at radius 1 is 0.659 bits per heavy atom. The molecule has 2 atom stereocenters. The van der Waals surface area contributed by atoms with Gasteiger partial charge in [0.25, 0.3) is 0 Å². The molecule has 0 radical (unpaired) electrons. The summed E-state index contributed by atoms with van der Waals surface area (Å²) in [5.41, 5.74) is 0. The summed E-state index contributed by atoms with van der Waals surface area (Å²) in [6.07, 6.45) is 25.4. The largest absolute Gasteiger partial charge is 0.544 e. The van der Waals surface area contributed by atoms with E-state index < -0.39 is 18.1 Å². The van der Waals surface area contributed by atoms with E-state index in [0.29, 0.717) is 12.8 Å². The number of allylic oxidation sites excluding steroid dienone is 2. The highest BCUT2D eigenvalue weighted by Gasteiger charge is 2.25. The topological polar surface area (TPSA) is 102 Å². The van der Waals surface area contributed by atoms with Crippen molar-refractivity contribution in [3.8, 4) is 0 Å². The van der Waals surface area contributed by atoms with Crippen molar-refractivity contribution in [2.75, 3.05) is 41.0 Å². The van der Waals surface area contributed by atoms with Gasteiger partial charge in [-0.15, -0.1) is 0 Å². The number of carbonyl (C=O) groups excluding carboxylic acids is 3. The standard InChI is InChI=1S/C36H67NO7/c1-6-8-10-12-14-16-17-18-19-21-23-25-27-35(39)44-32(30-42-29-28-33(36(40)41)37(3,4)5)31-43-34(38)26-24-22-20-15-13-11-9-7-2/h20,22,32-33H,6-19,21,23-31H2,1-5H3/b22-20+. The number of esters is 2. The molecule has 0 aliphatic rings. The van der Waals surface area contributed by atoms with Crippen LogP contribution in [0.25, 0.3) is 0 Å². The molecule has 0 saturated carbocycles. The van der Waals surface area contributed by atoms with Crippen LogP contribution < -0.4 is 5.11 Å². The second-order valence-electron chi connectivity index (χ2n) is 13.1. The van der Waals surface area contributed by atoms with Gasteiger partial charge in [0.05, 0.1) is 40.3 Å². The monoisotopic (exact) mass is 625 g/mol. The smallest absolute Gasteiger partial charge is 0.306 e. The molecule has 0 N–H and O–H groups in total. The average molecular weight is 626 g/mol. The summed E-state index contributed by atoms with van der Waals surface area (Å²) in [6, 6.07) is -0.723. The molecule has 0 heterocycles. The van der Waals surface area contributed by atoms with Gasteiger partial charge in [0.1, 0.15) is 12.6 Å². The molecule has 0 amide bonds. The highest BCUT2D eigenvalue weighted by molar-refractivity contribution is 5.70. The summed E-state index contributed by atoms with van der Waals surface area (Å²) in [5.74, 6) is -1.80. The van der Waals surface area contributed by atoms with Crippen molar-refractivity contribution in [1.29, 1.82) is 0 Å². The van der Waals surface area contributed by atoms with Crippen molar-refractivity contribution in [1.82, 2.24) is 0 Å². The van der Waals surface area contributed by atoms with Gasteiger partial charge in [-0.2, -0.15) is 0 Å². The van der Waals surface area contributed by atoms with Crippen LogP contribution in [-0.4, -0.2) is 75.5 Å². The zero-order valence-electron chi connectivity index (χ0n) is 29.1. The molecule has 8 nitrogen and oxygen atoms in total. The molecule has 0 aromatic heterocycles. The Balaban J connectivity index is 4.48. The fraction of sp³-hybridized carbons (Fsp3) is 0.861. The SMILES string of the molecule is CCCCCC/C=C/CCC(=O)OCC(COCCC(C(=O)[O-])[N+](C)(C)C)OC(=O)CCCCCCCCCCCCCC. The fourth-order valence-corrected chi connectivity index (χ4v) is 5.09. The van der Waals surface area contributed by atoms with Crippen LogP contribution in [0.2, 0.25) is 0 Å². The Morgan fingerprint density at radius 2 is 1.18 bits per heavy atom. The van der Waals surface area contributed by atoms with Crippen molar-refractivity contribution in [2.24, 2.45) is 0 Å². The average Bonchev–Trinajstić information content (AvgIpc) is 2.96. The first-order valence-corrected chi connectivity index (χ1v) is 17.7. The molecular weight excluding hydrogens is 558 g/mol. The van der Waals surface area contributed by atoms with Crippen LogP contribution in [0.1, 0.15) is 149 Å². The third-order valence-electron chi connectivity index (χ3n) is 7.92. The van der Waals surface area contributed by atoms with Crippen LogP contribution in [-0.2, 0) is 28.6 Å². The second-order valence-corrected chi connectivity index (χ2v) is 13.1. The number of nitrogens with zero attached hydrogens (tertiary/aromatic N) is 1. The van der Waals surface area contributed by atoms with Gasteiger partial charge in [-0.05, 0) is 25.7 Å². The molecule has 2 unspecified atom stereocenters. The number of hydrogen-bond acceptors (Lipinski definition) is 7. The summed E-state index contributed by atoms with van der Waals surface area (Å²) >= 11 is 0. The molecule has 0 saturated heterocycles. The van der Waals surface area contributed by atoms with Gasteiger partial charge in [0.2, 0.25) is 0 Å². The van der Waals surface area contributed by atoms with Gasteiger partial charge >= 0.3 is 11.9 Å². The minimum Gasteiger partial charge on any atom is -0.544 e. The van der Waals surface area contributed by atoms with Gasteiger partial charge in [-0.1, -0.05) is 116 Å². The zero-order chi connectivity index (χ0) is 32.9. The van der Waals surface area contributed by atoms with E-state index in [1.807, 2.05) is 6.08 Å². The second kappa shape index (κ2) is 28.5. The highest BCUT2D eigenvalue weighted by atomic mass is 16.6. The Bertz CT molecular complexity index is 747. The molecule has 0 bridgehead atoms. The van der Waals surface area contributed by atoms with E-state index in [9.17, 15) is 19.5 Å². The first-order chi connectivity index (χ1) is 21.1. The predicted molar refractivity (Wildman–Crippen MR) is 176 cm³/mol. The Morgan fingerprint density at radius 3 is 1.73 bits per heavy atom. The molecule has 0 spiro atoms. The van der Waals surface area contributed by atoms with Crippen molar-refractivity contribution in [3.63, 3.8) is 0 Å². The summed E-state index contributed by atoms with van der Waals surface area (Å²) in [7, 11) is 5.38. The lowest BCUT2D eigenvalue weighted by Crippen LogP contribution is -2.55. The van der Waals surface area contributed by atoms with Gasteiger partial charge in [0, 0.05) is 19.3 Å². The molecule has 0 rings (SSSR count). The maximum atomic E-state index is 12.6. The molecule has 0 aromatic rings. The fourth-order valence-electron chi connectivity index (χ4n) is 5.09. The number of unbranched alkanes of at least 4 members (excludes halogenated alkanes) is 15. The number of carboxylic acid groups (broad SMARTS) is 1. The quantitative estimate of drug-likeness (QED) is 0.0351. The lowest BCUT2D eigenvalue weighted by Gasteiger charge is -2.34. The number of quaternary nitrogens is 1. The molecule has 44 heavy (non-hydrogen) atoms. The molecule has 0 aliphatic carbocycles. The van der Waals surface area contributed by atoms with E-state index >= 15 is 0 Å². The third kappa shape index (κ3) is 26.5. The van der Waals surface area contributed by atoms with Crippen molar-refractivity contribution >= 4 is 17.9 Å². The van der Waals surface area contributed by atoms with Gasteiger partial charge in [0.15, 0.2) is 6.10 Å². The van der Waals surface area contributed by atoms with E-state index in [1.165, 1.54) is 83.5 Å². The molecular formula is C36H67NO7. The number of ether oxygens (including phenoxy) is 3. The zero-order valence-corrected chi connectivity index (χ0v) is 29.1. The number of likely N-dealkylation sites (N-methyl/N-ethyl adjacent to an activating group) is 1. The lowest BCUT2D eigenvalue weighted by atomic mass is 10.0. The van der Waals surface area contributed by atoms with Crippen LogP contribution in [0.5, 0.6) is 0 Å². The van der Waals surface area contributed by atoms with E-state index in [-0.39, 0.29) is 49.1 Å². The van der Waals surface area contributed by atoms with Crippen molar-refractivity contribution < 1.29 is 38.2 Å². The Kier molecular flexibility index (Phi) is 27.3. The maximum Gasteiger partial charge on any atom is 0.306 e. The molecule has 8 heteroatoms. The van der Waals surface area contributed by atoms with E-state index in [2.05, 4.69) is 19.9 Å². The number of carbonyl (C=O) groups is 3. The number of aliphatic carboxylic acids is 1. The third-order valence-corrected chi connectivity index (χ3v) is 7.92. The summed E-state index contributed by atoms with van der Waals surface area (Å²) in [6.45, 7) is 4.55. The number of carboxylic acids is 1. The molecule has 258 valence electrons. The van der Waals surface area contributed by atoms with Crippen LogP contribution in [0, 0.1) is 0 Å². The molecule has 0 fully saturated rings. The van der Waals surface area contributed by atoms with Crippen LogP contribution in [0.4, 0.5) is 0 Å². The minimum absolute atomic E-state index is 0.0338. The first-order valence-electron chi connectivity index (χ1n) is 17.7. The Hall–Kier alpha value is -1.93. The van der Waals surface area contributed by atoms with Gasteiger partial charge < -0.3 is 28.6 Å². The summed E-state index contributed by atoms with van der Waals surface area (Å²) in [4.78, 5) is 36.4. The number of rotatable bonds is 31. The summed E-state index contributed by atoms with van der Waals surface area (Å²) < 4.78 is 17.0. The molecule has 0 aliphatic heterocycles. The van der Waals surface area contributed by atoms with Crippen LogP contribution >= 0.6 is 0 Å². The normalized spacial score (nSPS) is 13.2. The minimum atomic E-state index is -1.13. The van der Waals surface area contributed by atoms with Gasteiger partial charge in [-0.25, -0.2) is 0 Å². The number of hydrogen-bond donors (Lipinski definition) is 0. The maximum absolute atomic E-state index is 12.6. The van der Waals surface area contributed by atoms with Crippen molar-refractivity contribution in [3.05, 3.63) is 12.2 Å². The predicted octanol–water partition coefficient (Wildman–Crippen LogP) is 7.07. The van der Waals surface area contributed by atoms with Crippen LogP contribution in [0.3, 0.4) is 0 Å². The van der Waals surface area contributed by atoms with Crippen molar-refractivity contribution in [2.45, 2.75) is 161 Å². The first kappa shape index (κ1) is 42.1.